The summed E-state index contributed by atoms with van der Waals surface area (Å²) >= 11 is 0. The summed E-state index contributed by atoms with van der Waals surface area (Å²) in [5, 5.41) is 8.84. The molecule has 0 radical (unpaired) electrons. The van der Waals surface area contributed by atoms with Gasteiger partial charge in [-0.1, -0.05) is 13.8 Å². The molecule has 94 valence electrons. The van der Waals surface area contributed by atoms with Crippen LogP contribution in [0.15, 0.2) is 0 Å². The van der Waals surface area contributed by atoms with Gasteiger partial charge >= 0.3 is 0 Å². The van der Waals surface area contributed by atoms with Gasteiger partial charge < -0.3 is 5.11 Å². The fourth-order valence-corrected chi connectivity index (χ4v) is 1.98. The first-order chi connectivity index (χ1) is 7.45. The van der Waals surface area contributed by atoms with Gasteiger partial charge in [-0.05, 0) is 6.92 Å². The highest BCUT2D eigenvalue weighted by Gasteiger charge is 2.28. The maximum Gasteiger partial charge on any atom is 0.136 e. The largest absolute Gasteiger partial charge is 0.395 e. The lowest BCUT2D eigenvalue weighted by Gasteiger charge is -2.37. The van der Waals surface area contributed by atoms with E-state index < -0.39 is 0 Å². The molecular formula is C12H24N2O2. The molecule has 0 aliphatic carbocycles. The standard InChI is InChI=1S/C12H24N2O2/c1-11(16)12(2,3)10-14-6-4-13(5-7-14)8-9-15/h15H,4-10H2,1-3H3. The van der Waals surface area contributed by atoms with Gasteiger partial charge in [0.15, 0.2) is 0 Å². The number of hydrogen-bond acceptors (Lipinski definition) is 4. The number of carbonyl (C=O) groups excluding carboxylic acids is 1. The van der Waals surface area contributed by atoms with Gasteiger partial charge in [-0.25, -0.2) is 0 Å². The van der Waals surface area contributed by atoms with Crippen LogP contribution in [0.4, 0.5) is 0 Å². The molecule has 4 heteroatoms. The van der Waals surface area contributed by atoms with Gasteiger partial charge in [-0.3, -0.25) is 14.6 Å². The van der Waals surface area contributed by atoms with Gasteiger partial charge in [0.25, 0.3) is 0 Å². The van der Waals surface area contributed by atoms with Crippen LogP contribution < -0.4 is 0 Å². The van der Waals surface area contributed by atoms with Crippen LogP contribution >= 0.6 is 0 Å². The second-order valence-corrected chi connectivity index (χ2v) is 5.28. The average molecular weight is 228 g/mol. The fraction of sp³-hybridized carbons (Fsp3) is 0.917. The molecule has 1 fully saturated rings. The number of rotatable bonds is 5. The van der Waals surface area contributed by atoms with Crippen LogP contribution in [0.3, 0.4) is 0 Å². The number of nitrogens with zero attached hydrogens (tertiary/aromatic N) is 2. The molecule has 16 heavy (non-hydrogen) atoms. The van der Waals surface area contributed by atoms with E-state index in [2.05, 4.69) is 9.80 Å². The Morgan fingerprint density at radius 2 is 1.69 bits per heavy atom. The van der Waals surface area contributed by atoms with Crippen LogP contribution in [0.5, 0.6) is 0 Å². The van der Waals surface area contributed by atoms with Crippen molar-refractivity contribution in [2.24, 2.45) is 5.41 Å². The predicted octanol–water partition coefficient (Wildman–Crippen LogP) is 0.212. The summed E-state index contributed by atoms with van der Waals surface area (Å²) in [6.45, 7) is 11.5. The normalized spacial score (nSPS) is 20.0. The summed E-state index contributed by atoms with van der Waals surface area (Å²) < 4.78 is 0. The highest BCUT2D eigenvalue weighted by molar-refractivity contribution is 5.81. The molecule has 0 aromatic heterocycles. The molecule has 1 aliphatic heterocycles. The Morgan fingerprint density at radius 3 is 2.12 bits per heavy atom. The minimum Gasteiger partial charge on any atom is -0.395 e. The molecule has 0 aromatic carbocycles. The van der Waals surface area contributed by atoms with Gasteiger partial charge in [0.2, 0.25) is 0 Å². The Morgan fingerprint density at radius 1 is 1.19 bits per heavy atom. The molecule has 1 rings (SSSR count). The SMILES string of the molecule is CC(=O)C(C)(C)CN1CCN(CCO)CC1. The predicted molar refractivity (Wildman–Crippen MR) is 64.4 cm³/mol. The van der Waals surface area contributed by atoms with Gasteiger partial charge in [0.1, 0.15) is 5.78 Å². The summed E-state index contributed by atoms with van der Waals surface area (Å²) in [4.78, 5) is 16.0. The Balaban J connectivity index is 2.34. The van der Waals surface area contributed by atoms with E-state index in [1.165, 1.54) is 0 Å². The zero-order valence-corrected chi connectivity index (χ0v) is 10.7. The molecule has 0 unspecified atom stereocenters. The number of Topliss-reactive ketones (excluding diaryl/α,β-unsaturated/α-hetero) is 1. The first-order valence-corrected chi connectivity index (χ1v) is 6.02. The van der Waals surface area contributed by atoms with Gasteiger partial charge in [0.05, 0.1) is 6.61 Å². The summed E-state index contributed by atoms with van der Waals surface area (Å²) in [6, 6.07) is 0. The third kappa shape index (κ3) is 3.85. The maximum atomic E-state index is 11.4. The van der Waals surface area contributed by atoms with Crippen molar-refractivity contribution in [1.29, 1.82) is 0 Å². The number of aliphatic hydroxyl groups excluding tert-OH is 1. The van der Waals surface area contributed by atoms with Crippen molar-refractivity contribution in [1.82, 2.24) is 9.80 Å². The van der Waals surface area contributed by atoms with Gasteiger partial charge in [0, 0.05) is 44.7 Å². The van der Waals surface area contributed by atoms with Crippen LogP contribution in [0, 0.1) is 5.41 Å². The highest BCUT2D eigenvalue weighted by Crippen LogP contribution is 2.19. The van der Waals surface area contributed by atoms with Gasteiger partial charge in [-0.2, -0.15) is 0 Å². The van der Waals surface area contributed by atoms with Crippen molar-refractivity contribution in [3.8, 4) is 0 Å². The highest BCUT2D eigenvalue weighted by atomic mass is 16.3. The van der Waals surface area contributed by atoms with E-state index in [0.29, 0.717) is 0 Å². The van der Waals surface area contributed by atoms with Crippen molar-refractivity contribution in [3.63, 3.8) is 0 Å². The number of hydrogen-bond donors (Lipinski definition) is 1. The molecule has 0 amide bonds. The zero-order chi connectivity index (χ0) is 12.2. The van der Waals surface area contributed by atoms with Gasteiger partial charge in [-0.15, -0.1) is 0 Å². The second-order valence-electron chi connectivity index (χ2n) is 5.28. The van der Waals surface area contributed by atoms with Crippen molar-refractivity contribution in [2.45, 2.75) is 20.8 Å². The monoisotopic (exact) mass is 228 g/mol. The van der Waals surface area contributed by atoms with Crippen molar-refractivity contribution < 1.29 is 9.90 Å². The number of carbonyl (C=O) groups is 1. The second kappa shape index (κ2) is 5.75. The van der Waals surface area contributed by atoms with E-state index in [1.54, 1.807) is 6.92 Å². The molecule has 0 saturated carbocycles. The molecule has 1 saturated heterocycles. The zero-order valence-electron chi connectivity index (χ0n) is 10.7. The molecule has 0 atom stereocenters. The topological polar surface area (TPSA) is 43.8 Å². The van der Waals surface area contributed by atoms with E-state index in [1.807, 2.05) is 13.8 Å². The van der Waals surface area contributed by atoms with Crippen molar-refractivity contribution >= 4 is 5.78 Å². The molecule has 4 nitrogen and oxygen atoms in total. The molecule has 1 heterocycles. The average Bonchev–Trinajstić information content (AvgIpc) is 2.21. The molecule has 0 aromatic rings. The minimum absolute atomic E-state index is 0.235. The van der Waals surface area contributed by atoms with E-state index >= 15 is 0 Å². The summed E-state index contributed by atoms with van der Waals surface area (Å²) in [6.07, 6.45) is 0. The number of β-amino-alcohol motifs (C(OH)–C–C–N with tert-alkyl or cyclic N) is 1. The lowest BCUT2D eigenvalue weighted by Crippen LogP contribution is -2.50. The molecular weight excluding hydrogens is 204 g/mol. The third-order valence-corrected chi connectivity index (χ3v) is 3.45. The van der Waals surface area contributed by atoms with Crippen LogP contribution in [-0.4, -0.2) is 66.6 Å². The third-order valence-electron chi connectivity index (χ3n) is 3.45. The quantitative estimate of drug-likeness (QED) is 0.730. The van der Waals surface area contributed by atoms with Crippen molar-refractivity contribution in [3.05, 3.63) is 0 Å². The molecule has 0 bridgehead atoms. The summed E-state index contributed by atoms with van der Waals surface area (Å²) in [7, 11) is 0. The Bertz CT molecular complexity index is 233. The Labute approximate surface area is 98.2 Å². The fourth-order valence-electron chi connectivity index (χ4n) is 1.98. The first kappa shape index (κ1) is 13.6. The molecule has 1 N–H and O–H groups in total. The first-order valence-electron chi connectivity index (χ1n) is 6.02. The smallest absolute Gasteiger partial charge is 0.136 e. The number of aliphatic hydroxyl groups is 1. The summed E-state index contributed by atoms with van der Waals surface area (Å²) in [5.41, 5.74) is -0.237. The van der Waals surface area contributed by atoms with E-state index in [0.717, 1.165) is 39.3 Å². The lowest BCUT2D eigenvalue weighted by molar-refractivity contribution is -0.126. The Kier molecular flexibility index (Phi) is 4.89. The minimum atomic E-state index is -0.237. The number of piperazine rings is 1. The summed E-state index contributed by atoms with van der Waals surface area (Å²) in [5.74, 6) is 0.255. The molecule has 0 spiro atoms. The van der Waals surface area contributed by atoms with Crippen LogP contribution in [0.25, 0.3) is 0 Å². The molecule has 1 aliphatic rings. The van der Waals surface area contributed by atoms with Crippen LogP contribution in [0.2, 0.25) is 0 Å². The van der Waals surface area contributed by atoms with Crippen LogP contribution in [0.1, 0.15) is 20.8 Å². The lowest BCUT2D eigenvalue weighted by atomic mass is 9.88. The van der Waals surface area contributed by atoms with E-state index in [9.17, 15) is 4.79 Å². The van der Waals surface area contributed by atoms with E-state index in [-0.39, 0.29) is 17.8 Å². The Hall–Kier alpha value is -0.450. The van der Waals surface area contributed by atoms with Crippen LogP contribution in [-0.2, 0) is 4.79 Å². The van der Waals surface area contributed by atoms with E-state index in [4.69, 9.17) is 5.11 Å². The maximum absolute atomic E-state index is 11.4. The van der Waals surface area contributed by atoms with Crippen molar-refractivity contribution in [2.75, 3.05) is 45.9 Å². The number of ketones is 1.